The lowest BCUT2D eigenvalue weighted by Gasteiger charge is -2.08. The first-order valence-electron chi connectivity index (χ1n) is 7.03. The molecule has 2 aromatic rings. The van der Waals surface area contributed by atoms with Crippen molar-refractivity contribution in [2.24, 2.45) is 0 Å². The molecule has 6 nitrogen and oxygen atoms in total. The van der Waals surface area contributed by atoms with E-state index < -0.39 is 0 Å². The average Bonchev–Trinajstić information content (AvgIpc) is 2.94. The third-order valence-corrected chi connectivity index (χ3v) is 3.17. The van der Waals surface area contributed by atoms with Crippen LogP contribution in [0.2, 0.25) is 0 Å². The van der Waals surface area contributed by atoms with Crippen molar-refractivity contribution >= 4 is 6.29 Å². The Hall–Kier alpha value is -2.63. The number of carbonyl (C=O) groups is 1. The van der Waals surface area contributed by atoms with Gasteiger partial charge in [-0.05, 0) is 37.1 Å². The second-order valence-electron chi connectivity index (χ2n) is 4.64. The van der Waals surface area contributed by atoms with Crippen LogP contribution in [0, 0.1) is 0 Å². The number of hydrogen-bond acceptors (Lipinski definition) is 5. The third-order valence-electron chi connectivity index (χ3n) is 3.17. The minimum absolute atomic E-state index is 0.381. The predicted octanol–water partition coefficient (Wildman–Crippen LogP) is 2.30. The van der Waals surface area contributed by atoms with Gasteiger partial charge in [-0.1, -0.05) is 11.3 Å². The quantitative estimate of drug-likeness (QED) is 0.404. The number of ether oxygens (including phenoxy) is 2. The molecule has 22 heavy (non-hydrogen) atoms. The fraction of sp³-hybridized carbons (Fsp3) is 0.312. The number of aromatic nitrogens is 3. The number of benzene rings is 1. The summed E-state index contributed by atoms with van der Waals surface area (Å²) in [5.41, 5.74) is 1.19. The van der Waals surface area contributed by atoms with Gasteiger partial charge in [-0.3, -0.25) is 4.79 Å². The molecule has 0 bridgehead atoms. The van der Waals surface area contributed by atoms with Gasteiger partial charge in [-0.25, -0.2) is 4.68 Å². The lowest BCUT2D eigenvalue weighted by Crippen LogP contribution is -2.07. The van der Waals surface area contributed by atoms with E-state index in [0.717, 1.165) is 29.9 Å². The molecule has 1 heterocycles. The van der Waals surface area contributed by atoms with Gasteiger partial charge in [0.1, 0.15) is 17.2 Å². The second-order valence-corrected chi connectivity index (χ2v) is 4.64. The zero-order valence-electron chi connectivity index (χ0n) is 12.6. The number of aldehydes is 1. The van der Waals surface area contributed by atoms with Gasteiger partial charge in [0.15, 0.2) is 6.29 Å². The Bertz CT molecular complexity index is 620. The van der Waals surface area contributed by atoms with E-state index >= 15 is 0 Å². The summed E-state index contributed by atoms with van der Waals surface area (Å²) < 4.78 is 12.4. The highest BCUT2D eigenvalue weighted by atomic mass is 16.5. The Labute approximate surface area is 129 Å². The molecule has 0 aliphatic rings. The van der Waals surface area contributed by atoms with E-state index in [-0.39, 0.29) is 0 Å². The number of allylic oxidation sites excluding steroid dienone is 1. The Kier molecular flexibility index (Phi) is 5.71. The standard InChI is InChI=1S/C16H19N3O3/c1-3-10-19-16(15(12-20)17-18-19)5-4-11-22-14-8-6-13(21-2)7-9-14/h3,6-9,12H,1,4-5,10-11H2,2H3. The fourth-order valence-electron chi connectivity index (χ4n) is 2.07. The third kappa shape index (κ3) is 3.94. The van der Waals surface area contributed by atoms with E-state index in [1.165, 1.54) is 0 Å². The molecule has 2 rings (SSSR count). The molecular weight excluding hydrogens is 282 g/mol. The van der Waals surface area contributed by atoms with Crippen molar-refractivity contribution in [3.63, 3.8) is 0 Å². The van der Waals surface area contributed by atoms with Crippen molar-refractivity contribution in [1.29, 1.82) is 0 Å². The number of carbonyl (C=O) groups excluding carboxylic acids is 1. The topological polar surface area (TPSA) is 66.2 Å². The molecule has 0 N–H and O–H groups in total. The first-order valence-corrected chi connectivity index (χ1v) is 7.03. The van der Waals surface area contributed by atoms with Crippen LogP contribution in [0.4, 0.5) is 0 Å². The maximum atomic E-state index is 11.0. The average molecular weight is 301 g/mol. The van der Waals surface area contributed by atoms with Crippen molar-refractivity contribution in [2.45, 2.75) is 19.4 Å². The summed E-state index contributed by atoms with van der Waals surface area (Å²) in [6.45, 7) is 4.75. The Morgan fingerprint density at radius 2 is 2.00 bits per heavy atom. The summed E-state index contributed by atoms with van der Waals surface area (Å²) >= 11 is 0. The molecule has 0 unspecified atom stereocenters. The van der Waals surface area contributed by atoms with Crippen LogP contribution in [0.15, 0.2) is 36.9 Å². The zero-order valence-corrected chi connectivity index (χ0v) is 12.6. The van der Waals surface area contributed by atoms with Crippen LogP contribution < -0.4 is 9.47 Å². The summed E-state index contributed by atoms with van der Waals surface area (Å²) in [6.07, 6.45) is 3.88. The Balaban J connectivity index is 1.86. The van der Waals surface area contributed by atoms with Gasteiger partial charge in [0.25, 0.3) is 0 Å². The molecule has 0 saturated carbocycles. The minimum atomic E-state index is 0.381. The van der Waals surface area contributed by atoms with Crippen molar-refractivity contribution in [3.8, 4) is 11.5 Å². The second kappa shape index (κ2) is 7.97. The van der Waals surface area contributed by atoms with Gasteiger partial charge in [0.05, 0.1) is 26.0 Å². The first kappa shape index (κ1) is 15.8. The molecule has 1 aromatic carbocycles. The highest BCUT2D eigenvalue weighted by Crippen LogP contribution is 2.17. The molecule has 0 spiro atoms. The molecule has 6 heteroatoms. The van der Waals surface area contributed by atoms with Crippen molar-refractivity contribution < 1.29 is 14.3 Å². The summed E-state index contributed by atoms with van der Waals surface area (Å²) in [5.74, 6) is 1.58. The van der Waals surface area contributed by atoms with Crippen LogP contribution in [0.5, 0.6) is 11.5 Å². The summed E-state index contributed by atoms with van der Waals surface area (Å²) in [4.78, 5) is 11.0. The minimum Gasteiger partial charge on any atom is -0.497 e. The monoisotopic (exact) mass is 301 g/mol. The molecule has 0 aliphatic carbocycles. The maximum Gasteiger partial charge on any atom is 0.172 e. The number of rotatable bonds is 9. The largest absolute Gasteiger partial charge is 0.497 e. The van der Waals surface area contributed by atoms with Crippen LogP contribution in [-0.4, -0.2) is 35.0 Å². The van der Waals surface area contributed by atoms with Gasteiger partial charge in [-0.2, -0.15) is 0 Å². The molecule has 0 radical (unpaired) electrons. The Morgan fingerprint density at radius 1 is 1.27 bits per heavy atom. The van der Waals surface area contributed by atoms with E-state index in [4.69, 9.17) is 9.47 Å². The van der Waals surface area contributed by atoms with E-state index in [1.807, 2.05) is 24.3 Å². The normalized spacial score (nSPS) is 10.2. The molecular formula is C16H19N3O3. The van der Waals surface area contributed by atoms with Gasteiger partial charge >= 0.3 is 0 Å². The molecule has 0 atom stereocenters. The molecule has 116 valence electrons. The van der Waals surface area contributed by atoms with Crippen LogP contribution in [0.25, 0.3) is 0 Å². The highest BCUT2D eigenvalue weighted by molar-refractivity contribution is 5.73. The van der Waals surface area contributed by atoms with Crippen LogP contribution in [0.1, 0.15) is 22.6 Å². The summed E-state index contributed by atoms with van der Waals surface area (Å²) in [5, 5.41) is 7.79. The molecule has 0 aliphatic heterocycles. The lowest BCUT2D eigenvalue weighted by molar-refractivity contribution is 0.111. The summed E-state index contributed by atoms with van der Waals surface area (Å²) in [6, 6.07) is 7.42. The Morgan fingerprint density at radius 3 is 2.64 bits per heavy atom. The maximum absolute atomic E-state index is 11.0. The van der Waals surface area contributed by atoms with Crippen LogP contribution in [-0.2, 0) is 13.0 Å². The molecule has 1 aromatic heterocycles. The van der Waals surface area contributed by atoms with Gasteiger partial charge in [0.2, 0.25) is 0 Å². The number of hydrogen-bond donors (Lipinski definition) is 0. The van der Waals surface area contributed by atoms with E-state index in [2.05, 4.69) is 16.9 Å². The highest BCUT2D eigenvalue weighted by Gasteiger charge is 2.11. The first-order chi connectivity index (χ1) is 10.8. The van der Waals surface area contributed by atoms with Crippen LogP contribution >= 0.6 is 0 Å². The van der Waals surface area contributed by atoms with Gasteiger partial charge in [0, 0.05) is 0 Å². The van der Waals surface area contributed by atoms with Gasteiger partial charge < -0.3 is 9.47 Å². The van der Waals surface area contributed by atoms with Crippen molar-refractivity contribution in [1.82, 2.24) is 15.0 Å². The lowest BCUT2D eigenvalue weighted by atomic mass is 10.2. The molecule has 0 amide bonds. The van der Waals surface area contributed by atoms with E-state index in [9.17, 15) is 4.79 Å². The number of methoxy groups -OCH3 is 1. The van der Waals surface area contributed by atoms with Crippen LogP contribution in [0.3, 0.4) is 0 Å². The van der Waals surface area contributed by atoms with Gasteiger partial charge in [-0.15, -0.1) is 11.7 Å². The van der Waals surface area contributed by atoms with E-state index in [0.29, 0.717) is 25.3 Å². The molecule has 0 saturated heterocycles. The smallest absolute Gasteiger partial charge is 0.172 e. The SMILES string of the molecule is C=CCn1nnc(C=O)c1CCCOc1ccc(OC)cc1. The van der Waals surface area contributed by atoms with Crippen molar-refractivity contribution in [2.75, 3.05) is 13.7 Å². The fourth-order valence-corrected chi connectivity index (χ4v) is 2.07. The summed E-state index contributed by atoms with van der Waals surface area (Å²) in [7, 11) is 1.63. The van der Waals surface area contributed by atoms with E-state index in [1.54, 1.807) is 17.9 Å². The predicted molar refractivity (Wildman–Crippen MR) is 82.4 cm³/mol. The zero-order chi connectivity index (χ0) is 15.8. The molecule has 0 fully saturated rings. The number of nitrogens with zero attached hydrogens (tertiary/aromatic N) is 3. The van der Waals surface area contributed by atoms with Crippen molar-refractivity contribution in [3.05, 3.63) is 48.3 Å².